The molecule has 0 saturated heterocycles. The van der Waals surface area contributed by atoms with Crippen LogP contribution in [0.5, 0.6) is 5.75 Å². The van der Waals surface area contributed by atoms with Gasteiger partial charge in [-0.05, 0) is 12.5 Å². The number of unbranched alkanes of at least 4 members (excludes halogenated alkanes) is 3. The fraction of sp³-hybridized carbons (Fsp3) is 0.538. The Kier molecular flexibility index (Phi) is 5.86. The molecule has 0 aromatic heterocycles. The van der Waals surface area contributed by atoms with Crippen molar-refractivity contribution < 1.29 is 9.84 Å². The summed E-state index contributed by atoms with van der Waals surface area (Å²) in [6.45, 7) is 3.50. The largest absolute Gasteiger partial charge is 0.508 e. The van der Waals surface area contributed by atoms with Gasteiger partial charge in [-0.3, -0.25) is 0 Å². The molecule has 2 nitrogen and oxygen atoms in total. The topological polar surface area (TPSA) is 29.5 Å². The van der Waals surface area contributed by atoms with E-state index in [1.807, 2.05) is 18.2 Å². The second-order valence-electron chi connectivity index (χ2n) is 3.74. The minimum Gasteiger partial charge on any atom is -0.508 e. The van der Waals surface area contributed by atoms with E-state index in [1.165, 1.54) is 19.3 Å². The maximum absolute atomic E-state index is 9.47. The minimum atomic E-state index is 0.325. The molecule has 84 valence electrons. The van der Waals surface area contributed by atoms with E-state index in [0.717, 1.165) is 18.6 Å². The molecule has 0 fully saturated rings. The molecule has 0 heterocycles. The highest BCUT2D eigenvalue weighted by molar-refractivity contribution is 5.30. The summed E-state index contributed by atoms with van der Waals surface area (Å²) in [4.78, 5) is 0. The normalized spacial score (nSPS) is 10.5. The van der Waals surface area contributed by atoms with Crippen molar-refractivity contribution in [3.8, 4) is 5.75 Å². The van der Waals surface area contributed by atoms with Crippen molar-refractivity contribution in [3.05, 3.63) is 29.8 Å². The summed E-state index contributed by atoms with van der Waals surface area (Å²) in [5, 5.41) is 9.47. The van der Waals surface area contributed by atoms with Gasteiger partial charge in [-0.2, -0.15) is 0 Å². The first-order chi connectivity index (χ1) is 7.34. The lowest BCUT2D eigenvalue weighted by Crippen LogP contribution is -1.95. The van der Waals surface area contributed by atoms with E-state index in [0.29, 0.717) is 12.4 Å². The lowest BCUT2D eigenvalue weighted by molar-refractivity contribution is 0.115. The van der Waals surface area contributed by atoms with Crippen LogP contribution in [0.3, 0.4) is 0 Å². The van der Waals surface area contributed by atoms with Gasteiger partial charge in [0, 0.05) is 12.2 Å². The van der Waals surface area contributed by atoms with Gasteiger partial charge in [0.25, 0.3) is 0 Å². The van der Waals surface area contributed by atoms with E-state index in [2.05, 4.69) is 6.92 Å². The van der Waals surface area contributed by atoms with Crippen LogP contribution in [0.15, 0.2) is 24.3 Å². The molecule has 0 aliphatic heterocycles. The zero-order valence-electron chi connectivity index (χ0n) is 9.41. The molecule has 1 rings (SSSR count). The maximum atomic E-state index is 9.47. The van der Waals surface area contributed by atoms with E-state index >= 15 is 0 Å². The van der Waals surface area contributed by atoms with Crippen molar-refractivity contribution in [3.63, 3.8) is 0 Å². The van der Waals surface area contributed by atoms with Crippen LogP contribution in [0, 0.1) is 0 Å². The molecule has 0 aliphatic rings. The van der Waals surface area contributed by atoms with Gasteiger partial charge in [-0.15, -0.1) is 0 Å². The molecule has 15 heavy (non-hydrogen) atoms. The molecule has 0 unspecified atom stereocenters. The zero-order chi connectivity index (χ0) is 10.9. The summed E-state index contributed by atoms with van der Waals surface area (Å²) < 4.78 is 5.49. The third-order valence-electron chi connectivity index (χ3n) is 2.39. The van der Waals surface area contributed by atoms with Crippen LogP contribution in [-0.4, -0.2) is 11.7 Å². The number of phenols is 1. The third kappa shape index (κ3) is 4.84. The van der Waals surface area contributed by atoms with Crippen molar-refractivity contribution in [2.24, 2.45) is 0 Å². The Morgan fingerprint density at radius 3 is 2.67 bits per heavy atom. The van der Waals surface area contributed by atoms with Crippen LogP contribution in [0.25, 0.3) is 0 Å². The molecule has 2 heteroatoms. The Bertz CT molecular complexity index is 271. The molecule has 0 aliphatic carbocycles. The van der Waals surface area contributed by atoms with Crippen LogP contribution < -0.4 is 0 Å². The second-order valence-corrected chi connectivity index (χ2v) is 3.74. The first-order valence-corrected chi connectivity index (χ1v) is 5.69. The molecule has 0 bridgehead atoms. The molecule has 1 aromatic carbocycles. The highest BCUT2D eigenvalue weighted by atomic mass is 16.5. The molecule has 0 spiro atoms. The van der Waals surface area contributed by atoms with Crippen molar-refractivity contribution in [1.82, 2.24) is 0 Å². The number of rotatable bonds is 7. The molecule has 0 atom stereocenters. The molecule has 1 N–H and O–H groups in total. The SMILES string of the molecule is CCCCCCOCc1ccccc1O. The van der Waals surface area contributed by atoms with E-state index in [9.17, 15) is 5.11 Å². The van der Waals surface area contributed by atoms with Crippen molar-refractivity contribution in [2.75, 3.05) is 6.61 Å². The standard InChI is InChI=1S/C13H20O2/c1-2-3-4-7-10-15-11-12-8-5-6-9-13(12)14/h5-6,8-9,14H,2-4,7,10-11H2,1H3. The van der Waals surface area contributed by atoms with Crippen LogP contribution in [0.1, 0.15) is 38.2 Å². The number of aromatic hydroxyl groups is 1. The maximum Gasteiger partial charge on any atom is 0.121 e. The lowest BCUT2D eigenvalue weighted by atomic mass is 10.2. The Morgan fingerprint density at radius 2 is 1.93 bits per heavy atom. The summed E-state index contributed by atoms with van der Waals surface area (Å²) in [5.74, 6) is 0.325. The average Bonchev–Trinajstić information content (AvgIpc) is 2.25. The number of benzene rings is 1. The van der Waals surface area contributed by atoms with E-state index in [4.69, 9.17) is 4.74 Å². The van der Waals surface area contributed by atoms with Crippen LogP contribution in [-0.2, 0) is 11.3 Å². The molecule has 0 radical (unpaired) electrons. The monoisotopic (exact) mass is 208 g/mol. The van der Waals surface area contributed by atoms with Crippen molar-refractivity contribution >= 4 is 0 Å². The molecule has 1 aromatic rings. The average molecular weight is 208 g/mol. The van der Waals surface area contributed by atoms with Gasteiger partial charge in [0.1, 0.15) is 5.75 Å². The smallest absolute Gasteiger partial charge is 0.121 e. The Hall–Kier alpha value is -1.02. The number of hydrogen-bond acceptors (Lipinski definition) is 2. The Balaban J connectivity index is 2.12. The molecular weight excluding hydrogens is 188 g/mol. The summed E-state index contributed by atoms with van der Waals surface area (Å²) in [7, 11) is 0. The summed E-state index contributed by atoms with van der Waals surface area (Å²) in [5.41, 5.74) is 0.869. The van der Waals surface area contributed by atoms with E-state index in [1.54, 1.807) is 6.07 Å². The summed E-state index contributed by atoms with van der Waals surface area (Å²) >= 11 is 0. The van der Waals surface area contributed by atoms with Gasteiger partial charge in [0.2, 0.25) is 0 Å². The number of hydrogen-bond donors (Lipinski definition) is 1. The van der Waals surface area contributed by atoms with Crippen LogP contribution in [0.4, 0.5) is 0 Å². The van der Waals surface area contributed by atoms with Gasteiger partial charge in [0.05, 0.1) is 6.61 Å². The highest BCUT2D eigenvalue weighted by Crippen LogP contribution is 2.16. The van der Waals surface area contributed by atoms with E-state index < -0.39 is 0 Å². The molecular formula is C13H20O2. The van der Waals surface area contributed by atoms with Gasteiger partial charge in [-0.1, -0.05) is 44.4 Å². The fourth-order valence-electron chi connectivity index (χ4n) is 1.45. The predicted molar refractivity (Wildman–Crippen MR) is 61.9 cm³/mol. The summed E-state index contributed by atoms with van der Waals surface area (Å²) in [6, 6.07) is 7.31. The van der Waals surface area contributed by atoms with Crippen LogP contribution >= 0.6 is 0 Å². The lowest BCUT2D eigenvalue weighted by Gasteiger charge is -2.05. The highest BCUT2D eigenvalue weighted by Gasteiger charge is 1.98. The second kappa shape index (κ2) is 7.30. The van der Waals surface area contributed by atoms with Gasteiger partial charge in [-0.25, -0.2) is 0 Å². The predicted octanol–water partition coefficient (Wildman–Crippen LogP) is 3.49. The van der Waals surface area contributed by atoms with Gasteiger partial charge in [0.15, 0.2) is 0 Å². The first kappa shape index (κ1) is 12.1. The third-order valence-corrected chi connectivity index (χ3v) is 2.39. The van der Waals surface area contributed by atoms with Gasteiger partial charge >= 0.3 is 0 Å². The number of para-hydroxylation sites is 1. The molecule has 0 saturated carbocycles. The minimum absolute atomic E-state index is 0.325. The van der Waals surface area contributed by atoms with Crippen molar-refractivity contribution in [2.45, 2.75) is 39.2 Å². The van der Waals surface area contributed by atoms with Crippen LogP contribution in [0.2, 0.25) is 0 Å². The number of ether oxygens (including phenoxy) is 1. The van der Waals surface area contributed by atoms with Crippen molar-refractivity contribution in [1.29, 1.82) is 0 Å². The van der Waals surface area contributed by atoms with Gasteiger partial charge < -0.3 is 9.84 Å². The first-order valence-electron chi connectivity index (χ1n) is 5.69. The fourth-order valence-corrected chi connectivity index (χ4v) is 1.45. The Labute approximate surface area is 91.9 Å². The molecule has 0 amide bonds. The number of phenolic OH excluding ortho intramolecular Hbond substituents is 1. The quantitative estimate of drug-likeness (QED) is 0.695. The van der Waals surface area contributed by atoms with E-state index in [-0.39, 0.29) is 0 Å². The summed E-state index contributed by atoms with van der Waals surface area (Å²) in [6.07, 6.45) is 4.87. The Morgan fingerprint density at radius 1 is 1.13 bits per heavy atom. The zero-order valence-corrected chi connectivity index (χ0v) is 9.41.